The molecule has 2 aliphatic rings. The molecule has 1 unspecified atom stereocenters. The minimum atomic E-state index is -0.824. The van der Waals surface area contributed by atoms with Crippen LogP contribution in [0.5, 0.6) is 0 Å². The van der Waals surface area contributed by atoms with Crippen LogP contribution in [-0.4, -0.2) is 49.4 Å². The first-order valence-electron chi connectivity index (χ1n) is 10.2. The number of carbonyl (C=O) groups excluding carboxylic acids is 1. The summed E-state index contributed by atoms with van der Waals surface area (Å²) in [4.78, 5) is 25.6. The average Bonchev–Trinajstić information content (AvgIpc) is 3.01. The van der Waals surface area contributed by atoms with Gasteiger partial charge in [-0.2, -0.15) is 5.10 Å². The minimum absolute atomic E-state index is 0.0316. The van der Waals surface area contributed by atoms with Gasteiger partial charge in [0.2, 0.25) is 5.91 Å². The number of hydrogen-bond acceptors (Lipinski definition) is 5. The minimum Gasteiger partial charge on any atom is -0.465 e. The van der Waals surface area contributed by atoms with Crippen molar-refractivity contribution in [1.29, 1.82) is 0 Å². The summed E-state index contributed by atoms with van der Waals surface area (Å²) in [6.45, 7) is 3.83. The predicted molar refractivity (Wildman–Crippen MR) is 105 cm³/mol. The fraction of sp³-hybridized carbons (Fsp3) is 0.600. The molecule has 2 heterocycles. The van der Waals surface area contributed by atoms with E-state index in [0.717, 1.165) is 43.5 Å². The maximum Gasteiger partial charge on any atom is 0.407 e. The standard InChI is InChI=1S/C20H27N5O4/c1-11-7-16(29-24-11)9-19(26)21-18-10-17(22-23-18)14-5-6-15(8-14)25(20(27)28)12(2)13-3-4-13/h7,10,12-15H,3-6,8-9H2,1-2H3,(H,27,28)(H2,21,22,23,26)/t12?,14-,15+/m0/s1. The molecule has 3 N–H and O–H groups in total. The van der Waals surface area contributed by atoms with Gasteiger partial charge in [-0.25, -0.2) is 4.79 Å². The Balaban J connectivity index is 1.34. The normalized spacial score (nSPS) is 22.4. The van der Waals surface area contributed by atoms with E-state index >= 15 is 0 Å². The lowest BCUT2D eigenvalue weighted by atomic mass is 10.0. The van der Waals surface area contributed by atoms with E-state index in [-0.39, 0.29) is 30.3 Å². The summed E-state index contributed by atoms with van der Waals surface area (Å²) in [7, 11) is 0. The van der Waals surface area contributed by atoms with E-state index in [0.29, 0.717) is 17.5 Å². The number of hydrogen-bond donors (Lipinski definition) is 3. The molecule has 9 nitrogen and oxygen atoms in total. The number of anilines is 1. The van der Waals surface area contributed by atoms with Crippen LogP contribution in [0.15, 0.2) is 16.7 Å². The zero-order valence-electron chi connectivity index (χ0n) is 16.7. The Labute approximate surface area is 168 Å². The highest BCUT2D eigenvalue weighted by Gasteiger charge is 2.41. The van der Waals surface area contributed by atoms with E-state index in [1.165, 1.54) is 0 Å². The maximum atomic E-state index is 12.2. The smallest absolute Gasteiger partial charge is 0.407 e. The zero-order chi connectivity index (χ0) is 20.5. The highest BCUT2D eigenvalue weighted by Crippen LogP contribution is 2.41. The average molecular weight is 401 g/mol. The number of nitrogens with zero attached hydrogens (tertiary/aromatic N) is 3. The number of nitrogens with one attached hydrogen (secondary N) is 2. The van der Waals surface area contributed by atoms with Gasteiger partial charge in [-0.1, -0.05) is 5.16 Å². The van der Waals surface area contributed by atoms with Gasteiger partial charge in [0.05, 0.1) is 12.1 Å². The van der Waals surface area contributed by atoms with Crippen LogP contribution in [0, 0.1) is 12.8 Å². The Bertz CT molecular complexity index is 887. The maximum absolute atomic E-state index is 12.2. The number of carboxylic acid groups (broad SMARTS) is 1. The van der Waals surface area contributed by atoms with Crippen molar-refractivity contribution in [3.63, 3.8) is 0 Å². The van der Waals surface area contributed by atoms with Crippen LogP contribution in [0.4, 0.5) is 10.6 Å². The molecule has 2 aliphatic carbocycles. The largest absolute Gasteiger partial charge is 0.465 e. The Morgan fingerprint density at radius 3 is 2.79 bits per heavy atom. The van der Waals surface area contributed by atoms with E-state index in [4.69, 9.17) is 4.52 Å². The van der Waals surface area contributed by atoms with Crippen LogP contribution in [-0.2, 0) is 11.2 Å². The number of rotatable bonds is 7. The summed E-state index contributed by atoms with van der Waals surface area (Å²) < 4.78 is 5.06. The molecule has 2 saturated carbocycles. The number of aromatic amines is 1. The number of amides is 2. The van der Waals surface area contributed by atoms with Crippen LogP contribution in [0.2, 0.25) is 0 Å². The molecule has 4 rings (SSSR count). The quantitative estimate of drug-likeness (QED) is 0.654. The fourth-order valence-corrected chi connectivity index (χ4v) is 4.42. The summed E-state index contributed by atoms with van der Waals surface area (Å²) in [5, 5.41) is 23.4. The van der Waals surface area contributed by atoms with Crippen molar-refractivity contribution in [2.45, 2.75) is 70.4 Å². The lowest BCUT2D eigenvalue weighted by Crippen LogP contribution is -2.45. The van der Waals surface area contributed by atoms with Crippen molar-refractivity contribution in [1.82, 2.24) is 20.3 Å². The highest BCUT2D eigenvalue weighted by atomic mass is 16.5. The summed E-state index contributed by atoms with van der Waals surface area (Å²) in [5.41, 5.74) is 1.67. The first-order chi connectivity index (χ1) is 13.9. The number of H-pyrrole nitrogens is 1. The van der Waals surface area contributed by atoms with Crippen LogP contribution in [0.1, 0.15) is 62.1 Å². The Morgan fingerprint density at radius 1 is 1.34 bits per heavy atom. The van der Waals surface area contributed by atoms with Gasteiger partial charge in [-0.15, -0.1) is 0 Å². The van der Waals surface area contributed by atoms with Gasteiger partial charge in [0.1, 0.15) is 5.76 Å². The molecule has 0 radical (unpaired) electrons. The molecule has 0 aromatic carbocycles. The Morgan fingerprint density at radius 2 is 2.14 bits per heavy atom. The fourth-order valence-electron chi connectivity index (χ4n) is 4.42. The van der Waals surface area contributed by atoms with Gasteiger partial charge in [-0.05, 0) is 51.9 Å². The van der Waals surface area contributed by atoms with Crippen molar-refractivity contribution in [2.24, 2.45) is 5.92 Å². The van der Waals surface area contributed by atoms with Gasteiger partial charge < -0.3 is 19.8 Å². The summed E-state index contributed by atoms with van der Waals surface area (Å²) in [6.07, 6.45) is 4.04. The molecular weight excluding hydrogens is 374 g/mol. The van der Waals surface area contributed by atoms with E-state index < -0.39 is 6.09 Å². The number of carbonyl (C=O) groups is 2. The third kappa shape index (κ3) is 4.44. The van der Waals surface area contributed by atoms with Gasteiger partial charge in [0.15, 0.2) is 5.82 Å². The molecule has 3 atom stereocenters. The van der Waals surface area contributed by atoms with Crippen molar-refractivity contribution in [3.8, 4) is 0 Å². The van der Waals surface area contributed by atoms with Crippen LogP contribution in [0.3, 0.4) is 0 Å². The second-order valence-electron chi connectivity index (χ2n) is 8.30. The van der Waals surface area contributed by atoms with Crippen molar-refractivity contribution >= 4 is 17.8 Å². The van der Waals surface area contributed by atoms with Gasteiger partial charge in [-0.3, -0.25) is 9.89 Å². The van der Waals surface area contributed by atoms with E-state index in [9.17, 15) is 14.7 Å². The third-order valence-corrected chi connectivity index (χ3v) is 6.08. The number of aryl methyl sites for hydroxylation is 1. The van der Waals surface area contributed by atoms with Crippen LogP contribution < -0.4 is 5.32 Å². The zero-order valence-corrected chi connectivity index (χ0v) is 16.7. The lowest BCUT2D eigenvalue weighted by Gasteiger charge is -2.32. The summed E-state index contributed by atoms with van der Waals surface area (Å²) >= 11 is 0. The summed E-state index contributed by atoms with van der Waals surface area (Å²) in [5.74, 6) is 1.47. The second kappa shape index (κ2) is 7.88. The molecule has 0 saturated heterocycles. The molecule has 0 aliphatic heterocycles. The van der Waals surface area contributed by atoms with Crippen LogP contribution in [0.25, 0.3) is 0 Å². The Kier molecular flexibility index (Phi) is 5.29. The third-order valence-electron chi connectivity index (χ3n) is 6.08. The summed E-state index contributed by atoms with van der Waals surface area (Å²) in [6, 6.07) is 3.67. The molecule has 0 spiro atoms. The molecule has 29 heavy (non-hydrogen) atoms. The van der Waals surface area contributed by atoms with Crippen LogP contribution >= 0.6 is 0 Å². The molecule has 0 bridgehead atoms. The monoisotopic (exact) mass is 401 g/mol. The van der Waals surface area contributed by atoms with E-state index in [1.54, 1.807) is 17.9 Å². The lowest BCUT2D eigenvalue weighted by molar-refractivity contribution is -0.115. The second-order valence-corrected chi connectivity index (χ2v) is 8.30. The van der Waals surface area contributed by atoms with Crippen molar-refractivity contribution < 1.29 is 19.2 Å². The molecule has 2 fully saturated rings. The molecule has 9 heteroatoms. The van der Waals surface area contributed by atoms with Crippen molar-refractivity contribution in [2.75, 3.05) is 5.32 Å². The first kappa shape index (κ1) is 19.5. The van der Waals surface area contributed by atoms with Crippen molar-refractivity contribution in [3.05, 3.63) is 29.3 Å². The van der Waals surface area contributed by atoms with Gasteiger partial charge >= 0.3 is 6.09 Å². The van der Waals surface area contributed by atoms with Gasteiger partial charge in [0.25, 0.3) is 0 Å². The molecular formula is C20H27N5O4. The number of aromatic nitrogens is 3. The first-order valence-corrected chi connectivity index (χ1v) is 10.2. The molecule has 2 aromatic rings. The molecule has 2 aromatic heterocycles. The van der Waals surface area contributed by atoms with E-state index in [1.807, 2.05) is 13.0 Å². The topological polar surface area (TPSA) is 124 Å². The van der Waals surface area contributed by atoms with Gasteiger partial charge in [0, 0.05) is 35.8 Å². The molecule has 156 valence electrons. The SMILES string of the molecule is Cc1cc(CC(=O)Nc2cc([C@H]3CC[C@@H](N(C(=O)O)C(C)C4CC4)C3)[nH]n2)on1. The highest BCUT2D eigenvalue weighted by molar-refractivity contribution is 5.91. The Hall–Kier alpha value is -2.84. The van der Waals surface area contributed by atoms with E-state index in [2.05, 4.69) is 20.7 Å². The predicted octanol–water partition coefficient (Wildman–Crippen LogP) is 3.30. The molecule has 2 amide bonds.